The van der Waals surface area contributed by atoms with Crippen molar-refractivity contribution in [2.24, 2.45) is 20.7 Å². The molecule has 0 N–H and O–H groups in total. The van der Waals surface area contributed by atoms with E-state index in [0.717, 1.165) is 51.9 Å². The molecule has 2 fully saturated rings. The second kappa shape index (κ2) is 12.2. The monoisotopic (exact) mass is 492 g/mol. The predicted octanol–water partition coefficient (Wildman–Crippen LogP) is 5.90. The lowest BCUT2D eigenvalue weighted by Crippen LogP contribution is -2.10. The Morgan fingerprint density at radius 2 is 1.08 bits per heavy atom. The maximum atomic E-state index is 12.5. The molecule has 0 radical (unpaired) electrons. The van der Waals surface area contributed by atoms with Gasteiger partial charge in [-0.2, -0.15) is 0 Å². The number of carbonyl (C=O) groups excluding carboxylic acids is 2. The van der Waals surface area contributed by atoms with E-state index in [-0.39, 0.29) is 13.2 Å². The van der Waals surface area contributed by atoms with Gasteiger partial charge >= 0.3 is 11.9 Å². The van der Waals surface area contributed by atoms with Crippen LogP contribution in [0.15, 0.2) is 57.1 Å². The molecule has 4 rings (SSSR count). The number of ether oxygens (including phenoxy) is 2. The Balaban J connectivity index is 1.81. The second-order valence-corrected chi connectivity index (χ2v) is 8.61. The molecule has 36 heavy (non-hydrogen) atoms. The fraction of sp³-hybridized carbons (Fsp3) is 0.462. The molecule has 2 aliphatic heterocycles. The number of hydrogen-bond donors (Lipinski definition) is 0. The molecule has 0 atom stereocenters. The molecule has 0 spiro atoms. The fourth-order valence-corrected chi connectivity index (χ4v) is 4.16. The van der Waals surface area contributed by atoms with Crippen LogP contribution in [0.4, 0.5) is 11.4 Å². The Kier molecular flexibility index (Phi) is 8.59. The smallest absolute Gasteiger partial charge is 0.338 e. The summed E-state index contributed by atoms with van der Waals surface area (Å²) < 4.78 is 10.4. The molecular formula is C26H32N6O4. The summed E-state index contributed by atoms with van der Waals surface area (Å²) in [6.07, 6.45) is 4.32. The molecule has 10 heteroatoms. The Morgan fingerprint density at radius 1 is 0.694 bits per heavy atom. The lowest BCUT2D eigenvalue weighted by atomic mass is 9.97. The molecule has 2 saturated heterocycles. The van der Waals surface area contributed by atoms with E-state index in [4.69, 9.17) is 9.47 Å². The van der Waals surface area contributed by atoms with Crippen molar-refractivity contribution in [3.05, 3.63) is 47.5 Å². The lowest BCUT2D eigenvalue weighted by Gasteiger charge is -2.14. The molecule has 2 aromatic rings. The highest BCUT2D eigenvalue weighted by molar-refractivity contribution is 5.97. The van der Waals surface area contributed by atoms with E-state index in [9.17, 15) is 9.59 Å². The van der Waals surface area contributed by atoms with Crippen LogP contribution in [0, 0.1) is 0 Å². The summed E-state index contributed by atoms with van der Waals surface area (Å²) >= 11 is 0. The number of nitrogens with zero attached hydrogens (tertiary/aromatic N) is 6. The standard InChI is InChI=1S/C26H32N6O4/c1-3-35-25(33)19-9-11-23(27-29-31-13-5-6-14-31)21(17-19)22-18-20(26(34)36-4-2)10-12-24(22)28-30-32-15-7-8-16-32/h9-12,17-18H,3-8,13-16H2,1-2H3. The normalized spacial score (nSPS) is 15.8. The van der Waals surface area contributed by atoms with Gasteiger partial charge in [-0.3, -0.25) is 10.0 Å². The van der Waals surface area contributed by atoms with Gasteiger partial charge in [0.1, 0.15) is 0 Å². The summed E-state index contributed by atoms with van der Waals surface area (Å²) in [7, 11) is 0. The van der Waals surface area contributed by atoms with E-state index >= 15 is 0 Å². The van der Waals surface area contributed by atoms with Crippen LogP contribution in [0.25, 0.3) is 11.1 Å². The largest absolute Gasteiger partial charge is 0.462 e. The van der Waals surface area contributed by atoms with Crippen molar-refractivity contribution < 1.29 is 19.1 Å². The first-order valence-electron chi connectivity index (χ1n) is 12.5. The molecule has 0 aliphatic carbocycles. The van der Waals surface area contributed by atoms with Crippen LogP contribution >= 0.6 is 0 Å². The first-order valence-corrected chi connectivity index (χ1v) is 12.5. The van der Waals surface area contributed by atoms with Gasteiger partial charge in [-0.15, -0.1) is 10.2 Å². The number of benzene rings is 2. The van der Waals surface area contributed by atoms with Crippen molar-refractivity contribution in [3.63, 3.8) is 0 Å². The average molecular weight is 493 g/mol. The summed E-state index contributed by atoms with van der Waals surface area (Å²) in [5.41, 5.74) is 3.05. The van der Waals surface area contributed by atoms with Gasteiger partial charge in [-0.25, -0.2) is 9.59 Å². The van der Waals surface area contributed by atoms with E-state index in [1.54, 1.807) is 50.2 Å². The molecule has 10 nitrogen and oxygen atoms in total. The van der Waals surface area contributed by atoms with Crippen LogP contribution in [0.1, 0.15) is 60.2 Å². The molecule has 0 saturated carbocycles. The maximum absolute atomic E-state index is 12.5. The average Bonchev–Trinajstić information content (AvgIpc) is 3.61. The molecular weight excluding hydrogens is 460 g/mol. The quantitative estimate of drug-likeness (QED) is 0.319. The third-order valence-electron chi connectivity index (χ3n) is 6.03. The van der Waals surface area contributed by atoms with Gasteiger partial charge in [0, 0.05) is 37.3 Å². The van der Waals surface area contributed by atoms with Crippen molar-refractivity contribution in [1.29, 1.82) is 0 Å². The molecule has 0 amide bonds. The summed E-state index contributed by atoms with van der Waals surface area (Å²) in [4.78, 5) is 25.1. The third kappa shape index (κ3) is 6.24. The zero-order chi connectivity index (χ0) is 25.3. The lowest BCUT2D eigenvalue weighted by molar-refractivity contribution is 0.0516. The minimum Gasteiger partial charge on any atom is -0.462 e. The maximum Gasteiger partial charge on any atom is 0.338 e. The first-order chi connectivity index (χ1) is 17.6. The van der Waals surface area contributed by atoms with Crippen molar-refractivity contribution in [2.45, 2.75) is 39.5 Å². The Bertz CT molecular complexity index is 1050. The Hall–Kier alpha value is -3.82. The molecule has 2 aliphatic rings. The van der Waals surface area contributed by atoms with E-state index in [1.165, 1.54) is 0 Å². The molecule has 2 aromatic carbocycles. The third-order valence-corrected chi connectivity index (χ3v) is 6.03. The fourth-order valence-electron chi connectivity index (χ4n) is 4.16. The van der Waals surface area contributed by atoms with E-state index in [2.05, 4.69) is 20.7 Å². The van der Waals surface area contributed by atoms with E-state index in [1.807, 2.05) is 10.0 Å². The van der Waals surface area contributed by atoms with E-state index in [0.29, 0.717) is 33.6 Å². The van der Waals surface area contributed by atoms with Crippen LogP contribution < -0.4 is 0 Å². The zero-order valence-corrected chi connectivity index (χ0v) is 20.9. The van der Waals surface area contributed by atoms with Gasteiger partial charge in [0.25, 0.3) is 0 Å². The van der Waals surface area contributed by atoms with Crippen molar-refractivity contribution in [1.82, 2.24) is 10.0 Å². The van der Waals surface area contributed by atoms with Crippen LogP contribution in [0.2, 0.25) is 0 Å². The van der Waals surface area contributed by atoms with Crippen LogP contribution in [-0.4, -0.2) is 61.3 Å². The van der Waals surface area contributed by atoms with Gasteiger partial charge in [0.2, 0.25) is 0 Å². The summed E-state index contributed by atoms with van der Waals surface area (Å²) in [6, 6.07) is 10.2. The SMILES string of the molecule is CCOC(=O)c1ccc(N=NN2CCCC2)c(-c2cc(C(=O)OCC)ccc2N=NN2CCCC2)c1. The minimum absolute atomic E-state index is 0.262. The number of hydrogen-bond acceptors (Lipinski definition) is 8. The van der Waals surface area contributed by atoms with Crippen molar-refractivity contribution in [2.75, 3.05) is 39.4 Å². The molecule has 0 bridgehead atoms. The number of esters is 2. The summed E-state index contributed by atoms with van der Waals surface area (Å²) in [5, 5.41) is 21.7. The highest BCUT2D eigenvalue weighted by Gasteiger charge is 2.19. The van der Waals surface area contributed by atoms with Crippen molar-refractivity contribution in [3.8, 4) is 11.1 Å². The minimum atomic E-state index is -0.441. The van der Waals surface area contributed by atoms with Crippen LogP contribution in [0.5, 0.6) is 0 Å². The number of rotatable bonds is 9. The van der Waals surface area contributed by atoms with Gasteiger partial charge in [0.05, 0.1) is 35.7 Å². The summed E-state index contributed by atoms with van der Waals surface area (Å²) in [6.45, 7) is 7.46. The van der Waals surface area contributed by atoms with Gasteiger partial charge in [0.15, 0.2) is 0 Å². The van der Waals surface area contributed by atoms with Crippen LogP contribution in [-0.2, 0) is 9.47 Å². The van der Waals surface area contributed by atoms with E-state index < -0.39 is 11.9 Å². The first kappa shape index (κ1) is 25.3. The number of carbonyl (C=O) groups is 2. The topological polar surface area (TPSA) is 109 Å². The highest BCUT2D eigenvalue weighted by atomic mass is 16.5. The Morgan fingerprint density at radius 3 is 1.44 bits per heavy atom. The zero-order valence-electron chi connectivity index (χ0n) is 20.9. The predicted molar refractivity (Wildman–Crippen MR) is 134 cm³/mol. The summed E-state index contributed by atoms with van der Waals surface area (Å²) in [5.74, 6) is -0.882. The molecule has 190 valence electrons. The van der Waals surface area contributed by atoms with Crippen LogP contribution in [0.3, 0.4) is 0 Å². The van der Waals surface area contributed by atoms with Gasteiger partial charge < -0.3 is 9.47 Å². The van der Waals surface area contributed by atoms with Crippen molar-refractivity contribution >= 4 is 23.3 Å². The van der Waals surface area contributed by atoms with Gasteiger partial charge in [-0.1, -0.05) is 10.4 Å². The second-order valence-electron chi connectivity index (χ2n) is 8.61. The van der Waals surface area contributed by atoms with Gasteiger partial charge in [-0.05, 0) is 75.9 Å². The molecule has 2 heterocycles. The molecule has 0 aromatic heterocycles. The molecule has 0 unspecified atom stereocenters. The Labute approximate surface area is 210 Å². The highest BCUT2D eigenvalue weighted by Crippen LogP contribution is 2.39.